The van der Waals surface area contributed by atoms with Crippen LogP contribution in [0.3, 0.4) is 0 Å². The molecular weight excluding hydrogens is 542 g/mol. The molecule has 5 aromatic carbocycles. The van der Waals surface area contributed by atoms with E-state index in [0.717, 1.165) is 33.3 Å². The quantitative estimate of drug-likeness (QED) is 0.231. The molecule has 0 fully saturated rings. The second kappa shape index (κ2) is 10.6. The second-order valence-corrected chi connectivity index (χ2v) is 12.1. The smallest absolute Gasteiger partial charge is 0.137 e. The molecule has 0 radical (unpaired) electrons. The molecule has 6 heteroatoms. The van der Waals surface area contributed by atoms with Crippen LogP contribution in [0, 0.1) is 27.7 Å². The first-order chi connectivity index (χ1) is 20.1. The lowest BCUT2D eigenvalue weighted by Gasteiger charge is -2.24. The zero-order valence-electron chi connectivity index (χ0n) is 23.9. The van der Waals surface area contributed by atoms with Crippen LogP contribution in [0.15, 0.2) is 102 Å². The summed E-state index contributed by atoms with van der Waals surface area (Å²) in [5.74, 6) is 1.15. The average Bonchev–Trinajstić information content (AvgIpc) is 2.95. The van der Waals surface area contributed by atoms with E-state index in [1.54, 1.807) is 18.2 Å². The van der Waals surface area contributed by atoms with Crippen LogP contribution in [0.4, 0.5) is 11.4 Å². The van der Waals surface area contributed by atoms with E-state index < -0.39 is 10.1 Å². The molecule has 0 spiro atoms. The summed E-state index contributed by atoms with van der Waals surface area (Å²) in [6, 6.07) is 30.4. The van der Waals surface area contributed by atoms with E-state index in [2.05, 4.69) is 63.4 Å². The van der Waals surface area contributed by atoms with Crippen molar-refractivity contribution in [2.75, 3.05) is 5.32 Å². The van der Waals surface area contributed by atoms with Crippen molar-refractivity contribution >= 4 is 33.1 Å². The Bertz CT molecular complexity index is 2070. The molecule has 0 amide bonds. The topological polar surface area (TPSA) is 78.5 Å². The SMILES string of the molecule is Cc1cccc(C)c1/C=c1\ccc2c(c1)Oc1cc(Nc3c(C)cccc3C)ccc1C=2c1ccccc1S(=O)(=O)[O-]. The van der Waals surface area contributed by atoms with Gasteiger partial charge >= 0.3 is 0 Å². The summed E-state index contributed by atoms with van der Waals surface area (Å²) in [6.45, 7) is 8.28. The highest BCUT2D eigenvalue weighted by molar-refractivity contribution is 7.85. The van der Waals surface area contributed by atoms with Crippen LogP contribution in [0.1, 0.15) is 38.9 Å². The van der Waals surface area contributed by atoms with Gasteiger partial charge in [-0.3, -0.25) is 0 Å². The summed E-state index contributed by atoms with van der Waals surface area (Å²) in [7, 11) is -4.73. The van der Waals surface area contributed by atoms with Crippen molar-refractivity contribution in [3.05, 3.63) is 146 Å². The first-order valence-electron chi connectivity index (χ1n) is 13.7. The number of ether oxygens (including phenoxy) is 1. The Morgan fingerprint density at radius 2 is 1.36 bits per heavy atom. The van der Waals surface area contributed by atoms with Crippen LogP contribution < -0.4 is 20.5 Å². The number of nitrogens with one attached hydrogen (secondary N) is 1. The van der Waals surface area contributed by atoms with Gasteiger partial charge in [0.05, 0.1) is 4.90 Å². The summed E-state index contributed by atoms with van der Waals surface area (Å²) in [5.41, 5.74) is 9.26. The van der Waals surface area contributed by atoms with E-state index >= 15 is 0 Å². The molecule has 0 aliphatic carbocycles. The van der Waals surface area contributed by atoms with Crippen molar-refractivity contribution < 1.29 is 17.7 Å². The van der Waals surface area contributed by atoms with Crippen molar-refractivity contribution in [1.82, 2.24) is 0 Å². The van der Waals surface area contributed by atoms with Gasteiger partial charge in [0.25, 0.3) is 0 Å². The molecule has 1 heterocycles. The monoisotopic (exact) mass is 572 g/mol. The van der Waals surface area contributed by atoms with Gasteiger partial charge in [-0.05, 0) is 97.1 Å². The van der Waals surface area contributed by atoms with Crippen LogP contribution in [-0.4, -0.2) is 13.0 Å². The highest BCUT2D eigenvalue weighted by Crippen LogP contribution is 2.40. The maximum Gasteiger partial charge on any atom is 0.137 e. The lowest BCUT2D eigenvalue weighted by atomic mass is 9.92. The van der Waals surface area contributed by atoms with E-state index in [1.807, 2.05) is 48.5 Å². The molecular formula is C36H30NO4S-. The minimum Gasteiger partial charge on any atom is -0.744 e. The predicted molar refractivity (Wildman–Crippen MR) is 167 cm³/mol. The van der Waals surface area contributed by atoms with Gasteiger partial charge in [-0.1, -0.05) is 60.7 Å². The number of aryl methyl sites for hydroxylation is 4. The molecule has 0 aromatic heterocycles. The number of para-hydroxylation sites is 1. The van der Waals surface area contributed by atoms with E-state index in [0.29, 0.717) is 33.4 Å². The molecule has 1 N–H and O–H groups in total. The molecule has 0 saturated heterocycles. The number of benzene rings is 5. The van der Waals surface area contributed by atoms with Gasteiger partial charge in [0, 0.05) is 39.4 Å². The summed E-state index contributed by atoms with van der Waals surface area (Å²) < 4.78 is 43.6. The molecule has 0 saturated carbocycles. The first kappa shape index (κ1) is 27.5. The van der Waals surface area contributed by atoms with Crippen molar-refractivity contribution in [3.63, 3.8) is 0 Å². The molecule has 0 bridgehead atoms. The second-order valence-electron chi connectivity index (χ2n) is 10.7. The Labute approximate surface area is 246 Å². The van der Waals surface area contributed by atoms with Crippen molar-refractivity contribution in [1.29, 1.82) is 0 Å². The van der Waals surface area contributed by atoms with E-state index in [9.17, 15) is 13.0 Å². The van der Waals surface area contributed by atoms with E-state index in [1.165, 1.54) is 17.2 Å². The molecule has 1 aliphatic heterocycles. The van der Waals surface area contributed by atoms with Gasteiger partial charge in [0.2, 0.25) is 0 Å². The normalized spacial score (nSPS) is 12.9. The Balaban J connectivity index is 1.58. The minimum absolute atomic E-state index is 0.261. The van der Waals surface area contributed by atoms with Gasteiger partial charge in [-0.15, -0.1) is 0 Å². The fourth-order valence-corrected chi connectivity index (χ4v) is 6.32. The maximum atomic E-state index is 12.3. The van der Waals surface area contributed by atoms with E-state index in [-0.39, 0.29) is 4.90 Å². The van der Waals surface area contributed by atoms with Crippen molar-refractivity contribution in [2.45, 2.75) is 32.6 Å². The molecule has 42 heavy (non-hydrogen) atoms. The number of hydrogen-bond acceptors (Lipinski definition) is 5. The zero-order chi connectivity index (χ0) is 29.6. The lowest BCUT2D eigenvalue weighted by Crippen LogP contribution is -2.21. The first-order valence-corrected chi connectivity index (χ1v) is 15.1. The molecule has 0 atom stereocenters. The van der Waals surface area contributed by atoms with Gasteiger partial charge in [0.15, 0.2) is 0 Å². The van der Waals surface area contributed by atoms with Crippen molar-refractivity contribution in [3.8, 4) is 11.5 Å². The van der Waals surface area contributed by atoms with Crippen LogP contribution in [0.25, 0.3) is 11.6 Å². The molecule has 210 valence electrons. The number of rotatable bonds is 5. The summed E-state index contributed by atoms with van der Waals surface area (Å²) >= 11 is 0. The van der Waals surface area contributed by atoms with Crippen molar-refractivity contribution in [2.24, 2.45) is 0 Å². The summed E-state index contributed by atoms with van der Waals surface area (Å²) in [5, 5.41) is 5.18. The Morgan fingerprint density at radius 3 is 2.05 bits per heavy atom. The average molecular weight is 573 g/mol. The highest BCUT2D eigenvalue weighted by atomic mass is 32.2. The third-order valence-corrected chi connectivity index (χ3v) is 8.67. The lowest BCUT2D eigenvalue weighted by molar-refractivity contribution is 0.462. The zero-order valence-corrected chi connectivity index (χ0v) is 24.7. The highest BCUT2D eigenvalue weighted by Gasteiger charge is 2.24. The number of anilines is 2. The molecule has 1 aliphatic rings. The Morgan fingerprint density at radius 1 is 0.690 bits per heavy atom. The van der Waals surface area contributed by atoms with Gasteiger partial charge in [-0.25, -0.2) is 8.42 Å². The fraction of sp³-hybridized carbons (Fsp3) is 0.111. The van der Waals surface area contributed by atoms with Crippen LogP contribution in [0.2, 0.25) is 0 Å². The van der Waals surface area contributed by atoms with Crippen LogP contribution >= 0.6 is 0 Å². The Kier molecular flexibility index (Phi) is 6.97. The maximum absolute atomic E-state index is 12.3. The summed E-state index contributed by atoms with van der Waals surface area (Å²) in [6.07, 6.45) is 2.12. The van der Waals surface area contributed by atoms with E-state index in [4.69, 9.17) is 4.74 Å². The fourth-order valence-electron chi connectivity index (χ4n) is 5.63. The van der Waals surface area contributed by atoms with Crippen LogP contribution in [0.5, 0.6) is 11.5 Å². The van der Waals surface area contributed by atoms with Crippen LogP contribution in [-0.2, 0) is 10.1 Å². The predicted octanol–water partition coefficient (Wildman–Crippen LogP) is 6.75. The third kappa shape index (κ3) is 5.11. The van der Waals surface area contributed by atoms with Gasteiger partial charge in [0.1, 0.15) is 21.6 Å². The molecule has 0 unspecified atom stereocenters. The molecule has 5 aromatic rings. The Hall–Kier alpha value is -4.65. The molecule has 6 rings (SSSR count). The largest absolute Gasteiger partial charge is 0.744 e. The number of hydrogen-bond donors (Lipinski definition) is 1. The summed E-state index contributed by atoms with van der Waals surface area (Å²) in [4.78, 5) is -0.261. The van der Waals surface area contributed by atoms with Gasteiger partial charge < -0.3 is 14.6 Å². The molecule has 5 nitrogen and oxygen atoms in total. The third-order valence-electron chi connectivity index (χ3n) is 7.78. The standard InChI is InChI=1S/C36H31NO4S/c1-22-9-7-10-23(2)31(22)19-26-15-17-28-32(20-26)41-33-21-27(37-36-24(3)11-8-12-25(36)4)16-18-29(33)35(28)30-13-5-6-14-34(30)42(38,39)40/h5-21,37H,1-4H3,(H,38,39,40)/p-1/b26-19+. The minimum atomic E-state index is -4.73. The van der Waals surface area contributed by atoms with Gasteiger partial charge in [-0.2, -0.15) is 0 Å². The number of fused-ring (bicyclic) bond motifs is 2.